The highest BCUT2D eigenvalue weighted by atomic mass is 127. The normalized spacial score (nSPS) is 12.4. The fraction of sp³-hybridized carbons (Fsp3) is 0.353. The summed E-state index contributed by atoms with van der Waals surface area (Å²) >= 11 is 3.82. The second-order valence-corrected chi connectivity index (χ2v) is 8.48. The van der Waals surface area contributed by atoms with Crippen molar-refractivity contribution in [2.24, 2.45) is 5.92 Å². The van der Waals surface area contributed by atoms with Crippen LogP contribution in [0.2, 0.25) is 0 Å². The zero-order chi connectivity index (χ0) is 15.4. The Morgan fingerprint density at radius 3 is 2.43 bits per heavy atom. The van der Waals surface area contributed by atoms with Gasteiger partial charge in [-0.15, -0.1) is 11.3 Å². The van der Waals surface area contributed by atoms with Crippen LogP contribution in [0, 0.1) is 8.80 Å². The minimum absolute atomic E-state index is 0.00655. The summed E-state index contributed by atoms with van der Waals surface area (Å²) < 4.78 is 1.13. The standard InChI is InChI=1S/C17H20INOS/c1-11(2)8-13-4-6-14(7-5-13)12(3)19-17(20)15-9-16(18)21-10-15/h4-7,9-12H,8H2,1-3H3,(H,19,20). The van der Waals surface area contributed by atoms with Crippen LogP contribution in [-0.2, 0) is 6.42 Å². The summed E-state index contributed by atoms with van der Waals surface area (Å²) in [5.41, 5.74) is 3.23. The number of rotatable bonds is 5. The number of carbonyl (C=O) groups excluding carboxylic acids is 1. The van der Waals surface area contributed by atoms with E-state index in [9.17, 15) is 4.79 Å². The molecule has 0 saturated carbocycles. The number of amides is 1. The van der Waals surface area contributed by atoms with Gasteiger partial charge in [-0.25, -0.2) is 0 Å². The predicted octanol–water partition coefficient (Wildman–Crippen LogP) is 5.04. The molecule has 2 aromatic rings. The summed E-state index contributed by atoms with van der Waals surface area (Å²) in [4.78, 5) is 12.1. The maximum atomic E-state index is 12.1. The molecule has 0 bridgehead atoms. The largest absolute Gasteiger partial charge is 0.345 e. The van der Waals surface area contributed by atoms with Crippen LogP contribution in [0.4, 0.5) is 0 Å². The summed E-state index contributed by atoms with van der Waals surface area (Å²) in [6.07, 6.45) is 1.09. The highest BCUT2D eigenvalue weighted by molar-refractivity contribution is 14.1. The van der Waals surface area contributed by atoms with E-state index in [0.29, 0.717) is 5.92 Å². The van der Waals surface area contributed by atoms with Crippen molar-refractivity contribution in [1.82, 2.24) is 5.32 Å². The van der Waals surface area contributed by atoms with Crippen LogP contribution in [0.25, 0.3) is 0 Å². The molecule has 2 nitrogen and oxygen atoms in total. The minimum atomic E-state index is -0.00655. The molecule has 0 saturated heterocycles. The first-order valence-electron chi connectivity index (χ1n) is 7.09. The van der Waals surface area contributed by atoms with Crippen molar-refractivity contribution in [3.8, 4) is 0 Å². The van der Waals surface area contributed by atoms with Crippen molar-refractivity contribution < 1.29 is 4.79 Å². The van der Waals surface area contributed by atoms with Crippen molar-refractivity contribution in [2.45, 2.75) is 33.2 Å². The molecule has 1 unspecified atom stereocenters. The molecule has 0 aliphatic rings. The second-order valence-electron chi connectivity index (χ2n) is 5.67. The lowest BCUT2D eigenvalue weighted by atomic mass is 10.00. The van der Waals surface area contributed by atoms with Gasteiger partial charge in [0.1, 0.15) is 0 Å². The van der Waals surface area contributed by atoms with E-state index in [4.69, 9.17) is 0 Å². The zero-order valence-electron chi connectivity index (χ0n) is 12.5. The SMILES string of the molecule is CC(C)Cc1ccc(C(C)NC(=O)c2csc(I)c2)cc1. The molecule has 1 aromatic carbocycles. The Morgan fingerprint density at radius 2 is 1.90 bits per heavy atom. The lowest BCUT2D eigenvalue weighted by Crippen LogP contribution is -2.26. The Labute approximate surface area is 144 Å². The third-order valence-corrected chi connectivity index (χ3v) is 5.09. The van der Waals surface area contributed by atoms with Crippen molar-refractivity contribution >= 4 is 39.8 Å². The van der Waals surface area contributed by atoms with Gasteiger partial charge in [0, 0.05) is 5.38 Å². The lowest BCUT2D eigenvalue weighted by molar-refractivity contribution is 0.0940. The second kappa shape index (κ2) is 7.40. The van der Waals surface area contributed by atoms with Crippen LogP contribution in [0.1, 0.15) is 48.3 Å². The average Bonchev–Trinajstić information content (AvgIpc) is 2.85. The molecular weight excluding hydrogens is 393 g/mol. The van der Waals surface area contributed by atoms with Gasteiger partial charge in [-0.05, 0) is 59.0 Å². The van der Waals surface area contributed by atoms with Crippen molar-refractivity contribution in [3.63, 3.8) is 0 Å². The van der Waals surface area contributed by atoms with E-state index in [1.54, 1.807) is 11.3 Å². The van der Waals surface area contributed by atoms with Crippen LogP contribution in [0.5, 0.6) is 0 Å². The maximum Gasteiger partial charge on any atom is 0.252 e. The van der Waals surface area contributed by atoms with Crippen LogP contribution in [0.3, 0.4) is 0 Å². The van der Waals surface area contributed by atoms with E-state index in [1.165, 1.54) is 5.56 Å². The Morgan fingerprint density at radius 1 is 1.24 bits per heavy atom. The molecule has 1 heterocycles. The number of benzene rings is 1. The minimum Gasteiger partial charge on any atom is -0.345 e. The Balaban J connectivity index is 1.99. The molecule has 0 aliphatic heterocycles. The maximum absolute atomic E-state index is 12.1. The molecule has 0 radical (unpaired) electrons. The Kier molecular flexibility index (Phi) is 5.81. The topological polar surface area (TPSA) is 29.1 Å². The molecule has 21 heavy (non-hydrogen) atoms. The molecule has 2 rings (SSSR count). The first kappa shape index (κ1) is 16.5. The van der Waals surface area contributed by atoms with Crippen LogP contribution in [-0.4, -0.2) is 5.91 Å². The van der Waals surface area contributed by atoms with Gasteiger partial charge in [-0.3, -0.25) is 4.79 Å². The predicted molar refractivity (Wildman–Crippen MR) is 97.9 cm³/mol. The molecule has 0 spiro atoms. The Bertz CT molecular complexity index is 604. The average molecular weight is 413 g/mol. The molecule has 1 N–H and O–H groups in total. The molecule has 0 aliphatic carbocycles. The monoisotopic (exact) mass is 413 g/mol. The van der Waals surface area contributed by atoms with E-state index in [-0.39, 0.29) is 11.9 Å². The number of halogens is 1. The fourth-order valence-electron chi connectivity index (χ4n) is 2.21. The highest BCUT2D eigenvalue weighted by Gasteiger charge is 2.12. The molecule has 4 heteroatoms. The van der Waals surface area contributed by atoms with Gasteiger partial charge < -0.3 is 5.32 Å². The Hall–Kier alpha value is -0.880. The van der Waals surface area contributed by atoms with Gasteiger partial charge in [0.2, 0.25) is 0 Å². The number of hydrogen-bond donors (Lipinski definition) is 1. The van der Waals surface area contributed by atoms with Crippen molar-refractivity contribution in [2.75, 3.05) is 0 Å². The van der Waals surface area contributed by atoms with Gasteiger partial charge in [-0.2, -0.15) is 0 Å². The zero-order valence-corrected chi connectivity index (χ0v) is 15.5. The molecule has 1 aromatic heterocycles. The van der Waals surface area contributed by atoms with E-state index in [0.717, 1.165) is 20.4 Å². The van der Waals surface area contributed by atoms with E-state index < -0.39 is 0 Å². The van der Waals surface area contributed by atoms with E-state index in [1.807, 2.05) is 18.4 Å². The quantitative estimate of drug-likeness (QED) is 0.684. The fourth-order valence-corrected chi connectivity index (χ4v) is 3.53. The smallest absolute Gasteiger partial charge is 0.252 e. The van der Waals surface area contributed by atoms with Crippen molar-refractivity contribution in [1.29, 1.82) is 0 Å². The molecule has 112 valence electrons. The number of thiophene rings is 1. The van der Waals surface area contributed by atoms with Gasteiger partial charge in [0.25, 0.3) is 5.91 Å². The van der Waals surface area contributed by atoms with Gasteiger partial charge in [0.15, 0.2) is 0 Å². The van der Waals surface area contributed by atoms with Gasteiger partial charge >= 0.3 is 0 Å². The third-order valence-electron chi connectivity index (χ3n) is 3.30. The van der Waals surface area contributed by atoms with Gasteiger partial charge in [-0.1, -0.05) is 38.1 Å². The van der Waals surface area contributed by atoms with Crippen LogP contribution in [0.15, 0.2) is 35.7 Å². The molecular formula is C17H20INOS. The van der Waals surface area contributed by atoms with Crippen LogP contribution < -0.4 is 5.32 Å². The highest BCUT2D eigenvalue weighted by Crippen LogP contribution is 2.19. The summed E-state index contributed by atoms with van der Waals surface area (Å²) in [6, 6.07) is 10.5. The first-order chi connectivity index (χ1) is 9.95. The summed E-state index contributed by atoms with van der Waals surface area (Å²) in [6.45, 7) is 6.46. The van der Waals surface area contributed by atoms with Crippen molar-refractivity contribution in [3.05, 3.63) is 55.3 Å². The number of nitrogens with one attached hydrogen (secondary N) is 1. The van der Waals surface area contributed by atoms with E-state index in [2.05, 4.69) is 66.0 Å². The number of carbonyl (C=O) groups is 1. The van der Waals surface area contributed by atoms with Gasteiger partial charge in [0.05, 0.1) is 14.5 Å². The third kappa shape index (κ3) is 4.81. The van der Waals surface area contributed by atoms with Crippen LogP contribution >= 0.6 is 33.9 Å². The summed E-state index contributed by atoms with van der Waals surface area (Å²) in [7, 11) is 0. The van der Waals surface area contributed by atoms with E-state index >= 15 is 0 Å². The summed E-state index contributed by atoms with van der Waals surface area (Å²) in [5.74, 6) is 0.655. The lowest BCUT2D eigenvalue weighted by Gasteiger charge is -2.15. The number of hydrogen-bond acceptors (Lipinski definition) is 2. The molecule has 1 atom stereocenters. The summed E-state index contributed by atoms with van der Waals surface area (Å²) in [5, 5.41) is 4.95. The molecule has 0 fully saturated rings. The molecule has 1 amide bonds. The first-order valence-corrected chi connectivity index (χ1v) is 9.05.